The molecular weight excluding hydrogens is 298 g/mol. The van der Waals surface area contributed by atoms with Crippen LogP contribution in [0.4, 0.5) is 0 Å². The number of carbonyl (C=O) groups is 1. The third kappa shape index (κ3) is 2.71. The highest BCUT2D eigenvalue weighted by molar-refractivity contribution is 7.90. The molecule has 2 aromatic heterocycles. The number of hydrogen-bond acceptors (Lipinski definition) is 5. The highest BCUT2D eigenvalue weighted by Crippen LogP contribution is 2.25. The minimum absolute atomic E-state index is 0.366. The van der Waals surface area contributed by atoms with Gasteiger partial charge in [-0.2, -0.15) is 5.10 Å². The van der Waals surface area contributed by atoms with Gasteiger partial charge in [-0.15, -0.1) is 12.6 Å². The molecule has 110 valence electrons. The average molecular weight is 311 g/mol. The van der Waals surface area contributed by atoms with E-state index in [9.17, 15) is 4.79 Å². The van der Waals surface area contributed by atoms with Crippen molar-refractivity contribution in [1.29, 1.82) is 0 Å². The molecule has 0 saturated heterocycles. The first-order valence-corrected chi connectivity index (χ1v) is 6.96. The van der Waals surface area contributed by atoms with E-state index in [0.29, 0.717) is 5.03 Å². The van der Waals surface area contributed by atoms with E-state index >= 15 is 0 Å². The van der Waals surface area contributed by atoms with Gasteiger partial charge in [0.1, 0.15) is 5.03 Å². The Balaban J connectivity index is 2.06. The van der Waals surface area contributed by atoms with Crippen molar-refractivity contribution in [2.75, 3.05) is 0 Å². The molecule has 0 aliphatic carbocycles. The summed E-state index contributed by atoms with van der Waals surface area (Å²) in [5, 5.41) is 5.50. The largest absolute Gasteiger partial charge is 0.366 e. The maximum Gasteiger partial charge on any atom is 0.244 e. The van der Waals surface area contributed by atoms with Gasteiger partial charge in [0, 0.05) is 23.2 Å². The maximum atomic E-state index is 10.9. The molecule has 0 spiro atoms. The molecular formula is C15H13N5OS. The number of nitrogens with zero attached hydrogens (tertiary/aromatic N) is 4. The molecule has 0 bridgehead atoms. The van der Waals surface area contributed by atoms with Gasteiger partial charge in [0.15, 0.2) is 0 Å². The first kappa shape index (κ1) is 14.3. The summed E-state index contributed by atoms with van der Waals surface area (Å²) >= 11 is 4.25. The van der Waals surface area contributed by atoms with Crippen LogP contribution in [0.25, 0.3) is 27.2 Å². The number of aromatic nitrogens is 4. The molecule has 3 rings (SSSR count). The van der Waals surface area contributed by atoms with Crippen LogP contribution in [0, 0.1) is 6.92 Å². The molecule has 2 N–H and O–H groups in total. The number of thiol groups is 1. The monoisotopic (exact) mass is 311 g/mol. The van der Waals surface area contributed by atoms with Crippen molar-refractivity contribution in [3.63, 3.8) is 0 Å². The SMILES string of the molecule is Cc1cnc(-c2ccc3c(cnn3/C(S)=C/C(N)=O)c2)cn1. The second kappa shape index (κ2) is 5.61. The van der Waals surface area contributed by atoms with Crippen LogP contribution in [-0.4, -0.2) is 25.7 Å². The fraction of sp³-hybridized carbons (Fsp3) is 0.0667. The normalized spacial score (nSPS) is 11.8. The Bertz CT molecular complexity index is 883. The number of nitrogens with two attached hydrogens (primary N) is 1. The Morgan fingerprint density at radius 1 is 1.27 bits per heavy atom. The molecule has 0 radical (unpaired) electrons. The van der Waals surface area contributed by atoms with Crippen LogP contribution < -0.4 is 5.73 Å². The van der Waals surface area contributed by atoms with Gasteiger partial charge in [-0.1, -0.05) is 6.07 Å². The van der Waals surface area contributed by atoms with E-state index < -0.39 is 5.91 Å². The van der Waals surface area contributed by atoms with Crippen LogP contribution in [0.3, 0.4) is 0 Å². The minimum Gasteiger partial charge on any atom is -0.366 e. The van der Waals surface area contributed by atoms with Crippen LogP contribution in [0.5, 0.6) is 0 Å². The second-order valence-corrected chi connectivity index (χ2v) is 5.24. The topological polar surface area (TPSA) is 86.7 Å². The lowest BCUT2D eigenvalue weighted by Gasteiger charge is -2.04. The molecule has 1 amide bonds. The quantitative estimate of drug-likeness (QED) is 0.572. The number of carbonyl (C=O) groups excluding carboxylic acids is 1. The third-order valence-corrected chi connectivity index (χ3v) is 3.45. The summed E-state index contributed by atoms with van der Waals surface area (Å²) in [4.78, 5) is 19.6. The van der Waals surface area contributed by atoms with Crippen molar-refractivity contribution in [2.45, 2.75) is 6.92 Å². The van der Waals surface area contributed by atoms with Gasteiger partial charge in [-0.25, -0.2) is 4.68 Å². The van der Waals surface area contributed by atoms with E-state index in [4.69, 9.17) is 5.73 Å². The van der Waals surface area contributed by atoms with Crippen LogP contribution in [0.2, 0.25) is 0 Å². The predicted molar refractivity (Wildman–Crippen MR) is 87.9 cm³/mol. The lowest BCUT2D eigenvalue weighted by atomic mass is 10.1. The molecule has 6 nitrogen and oxygen atoms in total. The molecule has 0 aliphatic rings. The van der Waals surface area contributed by atoms with E-state index in [-0.39, 0.29) is 0 Å². The third-order valence-electron chi connectivity index (χ3n) is 3.13. The van der Waals surface area contributed by atoms with E-state index in [1.165, 1.54) is 6.08 Å². The van der Waals surface area contributed by atoms with Crippen molar-refractivity contribution >= 4 is 34.5 Å². The number of hydrogen-bond donors (Lipinski definition) is 2. The lowest BCUT2D eigenvalue weighted by molar-refractivity contribution is -0.113. The van der Waals surface area contributed by atoms with Crippen molar-refractivity contribution in [3.8, 4) is 11.3 Å². The average Bonchev–Trinajstić information content (AvgIpc) is 2.90. The van der Waals surface area contributed by atoms with E-state index in [2.05, 4.69) is 27.7 Å². The van der Waals surface area contributed by atoms with E-state index in [1.807, 2.05) is 25.1 Å². The standard InChI is InChI=1S/C15H13N5OS/c1-9-6-18-12(8-17-9)10-2-3-13-11(4-10)7-19-20(13)15(22)5-14(16)21/h2-8,22H,1H3,(H2,16,21)/b15-5-. The van der Waals surface area contributed by atoms with Crippen LogP contribution in [0.15, 0.2) is 42.9 Å². The molecule has 1 aromatic carbocycles. The zero-order chi connectivity index (χ0) is 15.7. The highest BCUT2D eigenvalue weighted by atomic mass is 32.1. The molecule has 0 aliphatic heterocycles. The maximum absolute atomic E-state index is 10.9. The number of primary amides is 1. The van der Waals surface area contributed by atoms with Crippen molar-refractivity contribution in [1.82, 2.24) is 19.7 Å². The van der Waals surface area contributed by atoms with Gasteiger partial charge < -0.3 is 5.73 Å². The number of amides is 1. The van der Waals surface area contributed by atoms with Gasteiger partial charge in [0.25, 0.3) is 0 Å². The molecule has 3 aromatic rings. The fourth-order valence-electron chi connectivity index (χ4n) is 2.10. The van der Waals surface area contributed by atoms with Crippen LogP contribution in [-0.2, 0) is 4.79 Å². The summed E-state index contributed by atoms with van der Waals surface area (Å²) < 4.78 is 1.55. The summed E-state index contributed by atoms with van der Waals surface area (Å²) in [6.45, 7) is 1.89. The van der Waals surface area contributed by atoms with Gasteiger partial charge in [-0.3, -0.25) is 14.8 Å². The summed E-state index contributed by atoms with van der Waals surface area (Å²) in [7, 11) is 0. The smallest absolute Gasteiger partial charge is 0.244 e. The highest BCUT2D eigenvalue weighted by Gasteiger charge is 2.08. The van der Waals surface area contributed by atoms with Crippen molar-refractivity contribution in [3.05, 3.63) is 48.6 Å². The van der Waals surface area contributed by atoms with Gasteiger partial charge in [-0.05, 0) is 19.1 Å². The fourth-order valence-corrected chi connectivity index (χ4v) is 2.39. The number of benzene rings is 1. The van der Waals surface area contributed by atoms with Crippen molar-refractivity contribution in [2.24, 2.45) is 5.73 Å². The summed E-state index contributed by atoms with van der Waals surface area (Å²) in [6.07, 6.45) is 6.38. The Labute approximate surface area is 132 Å². The molecule has 0 fully saturated rings. The zero-order valence-corrected chi connectivity index (χ0v) is 12.7. The predicted octanol–water partition coefficient (Wildman–Crippen LogP) is 2.02. The van der Waals surface area contributed by atoms with Gasteiger partial charge >= 0.3 is 0 Å². The Hall–Kier alpha value is -2.67. The van der Waals surface area contributed by atoms with Gasteiger partial charge in [0.2, 0.25) is 5.91 Å². The molecule has 0 saturated carbocycles. The molecule has 2 heterocycles. The zero-order valence-electron chi connectivity index (χ0n) is 11.8. The summed E-state index contributed by atoms with van der Waals surface area (Å²) in [5.74, 6) is -0.569. The Kier molecular flexibility index (Phi) is 3.64. The number of rotatable bonds is 3. The summed E-state index contributed by atoms with van der Waals surface area (Å²) in [5.41, 5.74) is 8.56. The van der Waals surface area contributed by atoms with Crippen LogP contribution >= 0.6 is 12.6 Å². The van der Waals surface area contributed by atoms with Crippen molar-refractivity contribution < 1.29 is 4.79 Å². The van der Waals surface area contributed by atoms with Gasteiger partial charge in [0.05, 0.1) is 29.3 Å². The Morgan fingerprint density at radius 3 is 2.77 bits per heavy atom. The molecule has 0 atom stereocenters. The first-order valence-electron chi connectivity index (χ1n) is 6.52. The number of fused-ring (bicyclic) bond motifs is 1. The summed E-state index contributed by atoms with van der Waals surface area (Å²) in [6, 6.07) is 5.78. The molecule has 0 unspecified atom stereocenters. The molecule has 22 heavy (non-hydrogen) atoms. The minimum atomic E-state index is -0.569. The van der Waals surface area contributed by atoms with Crippen LogP contribution in [0.1, 0.15) is 5.69 Å². The van der Waals surface area contributed by atoms with E-state index in [1.54, 1.807) is 23.3 Å². The second-order valence-electron chi connectivity index (χ2n) is 4.78. The number of aryl methyl sites for hydroxylation is 1. The Morgan fingerprint density at radius 2 is 2.09 bits per heavy atom. The van der Waals surface area contributed by atoms with E-state index in [0.717, 1.165) is 27.9 Å². The molecule has 7 heteroatoms. The lowest BCUT2D eigenvalue weighted by Crippen LogP contribution is -2.08. The first-order chi connectivity index (χ1) is 10.5.